The summed E-state index contributed by atoms with van der Waals surface area (Å²) in [5.41, 5.74) is 1.06. The summed E-state index contributed by atoms with van der Waals surface area (Å²) < 4.78 is 18.6. The molecule has 0 N–H and O–H groups in total. The van der Waals surface area contributed by atoms with Gasteiger partial charge in [-0.15, -0.1) is 0 Å². The molecule has 0 saturated carbocycles. The molecule has 0 saturated heterocycles. The summed E-state index contributed by atoms with van der Waals surface area (Å²) in [6.45, 7) is 0.233. The summed E-state index contributed by atoms with van der Waals surface area (Å²) in [6.07, 6.45) is 0. The van der Waals surface area contributed by atoms with Gasteiger partial charge in [0.1, 0.15) is 12.4 Å². The molecule has 18 heavy (non-hydrogen) atoms. The van der Waals surface area contributed by atoms with Crippen LogP contribution >= 0.6 is 0 Å². The second-order valence-electron chi connectivity index (χ2n) is 3.88. The molecule has 0 spiro atoms. The summed E-state index contributed by atoms with van der Waals surface area (Å²) >= 11 is 0. The molecule has 0 bridgehead atoms. The molecule has 2 rings (SSSR count). The molecule has 0 heterocycles. The van der Waals surface area contributed by atoms with Crippen LogP contribution in [0.5, 0.6) is 0 Å². The van der Waals surface area contributed by atoms with E-state index in [0.29, 0.717) is 6.61 Å². The number of halogens is 1. The zero-order valence-corrected chi connectivity index (χ0v) is 9.80. The lowest BCUT2D eigenvalue weighted by Gasteiger charge is -2.04. The van der Waals surface area contributed by atoms with Gasteiger partial charge in [-0.3, -0.25) is 4.79 Å². The molecule has 3 heteroatoms. The number of hydrogen-bond acceptors (Lipinski definition) is 2. The zero-order chi connectivity index (χ0) is 12.8. The highest BCUT2D eigenvalue weighted by atomic mass is 19.1. The van der Waals surface area contributed by atoms with E-state index in [1.54, 1.807) is 12.1 Å². The van der Waals surface area contributed by atoms with Crippen LogP contribution in [0.3, 0.4) is 0 Å². The summed E-state index contributed by atoms with van der Waals surface area (Å²) in [7, 11) is 0. The van der Waals surface area contributed by atoms with Crippen LogP contribution in [0.1, 0.15) is 15.9 Å². The second kappa shape index (κ2) is 6.07. The molecule has 2 aromatic rings. The van der Waals surface area contributed by atoms with Gasteiger partial charge in [-0.1, -0.05) is 42.5 Å². The van der Waals surface area contributed by atoms with Gasteiger partial charge in [-0.25, -0.2) is 4.39 Å². The molecule has 0 aliphatic heterocycles. The Labute approximate surface area is 105 Å². The molecule has 0 amide bonds. The van der Waals surface area contributed by atoms with Crippen LogP contribution in [0.4, 0.5) is 4.39 Å². The fourth-order valence-corrected chi connectivity index (χ4v) is 1.60. The topological polar surface area (TPSA) is 26.3 Å². The van der Waals surface area contributed by atoms with E-state index in [2.05, 4.69) is 0 Å². The van der Waals surface area contributed by atoms with E-state index in [0.717, 1.165) is 5.56 Å². The Kier molecular flexibility index (Phi) is 4.20. The Morgan fingerprint density at radius 3 is 2.39 bits per heavy atom. The molecule has 0 unspecified atom stereocenters. The first-order chi connectivity index (χ1) is 8.77. The number of benzene rings is 2. The van der Waals surface area contributed by atoms with Gasteiger partial charge >= 0.3 is 0 Å². The monoisotopic (exact) mass is 244 g/mol. The fraction of sp³-hybridized carbons (Fsp3) is 0.133. The van der Waals surface area contributed by atoms with E-state index < -0.39 is 5.82 Å². The molecule has 0 aliphatic carbocycles. The lowest BCUT2D eigenvalue weighted by Crippen LogP contribution is -2.10. The fourth-order valence-electron chi connectivity index (χ4n) is 1.60. The lowest BCUT2D eigenvalue weighted by molar-refractivity contribution is 0.0722. The third kappa shape index (κ3) is 3.25. The second-order valence-corrected chi connectivity index (χ2v) is 3.88. The Hall–Kier alpha value is -2.00. The van der Waals surface area contributed by atoms with E-state index in [9.17, 15) is 9.18 Å². The standard InChI is InChI=1S/C15H13FO2/c16-14-9-5-4-8-13(14)15(17)11-18-10-12-6-2-1-3-7-12/h1-9H,10-11H2. The van der Waals surface area contributed by atoms with E-state index >= 15 is 0 Å². The maximum atomic E-state index is 13.3. The summed E-state index contributed by atoms with van der Waals surface area (Å²) in [5, 5.41) is 0. The summed E-state index contributed by atoms with van der Waals surface area (Å²) in [6, 6.07) is 15.4. The maximum Gasteiger partial charge on any atom is 0.191 e. The van der Waals surface area contributed by atoms with Crippen molar-refractivity contribution in [3.05, 3.63) is 71.5 Å². The van der Waals surface area contributed by atoms with Crippen molar-refractivity contribution >= 4 is 5.78 Å². The maximum absolute atomic E-state index is 13.3. The number of carbonyl (C=O) groups is 1. The van der Waals surface area contributed by atoms with E-state index in [-0.39, 0.29) is 18.0 Å². The highest BCUT2D eigenvalue weighted by Crippen LogP contribution is 2.08. The number of ether oxygens (including phenoxy) is 1. The van der Waals surface area contributed by atoms with Crippen LogP contribution in [0.15, 0.2) is 54.6 Å². The number of Topliss-reactive ketones (excluding diaryl/α,β-unsaturated/α-hetero) is 1. The molecular formula is C15H13FO2. The molecule has 0 aliphatic rings. The van der Waals surface area contributed by atoms with Gasteiger partial charge in [0.25, 0.3) is 0 Å². The largest absolute Gasteiger partial charge is 0.369 e. The van der Waals surface area contributed by atoms with Crippen LogP contribution in [0, 0.1) is 5.82 Å². The van der Waals surface area contributed by atoms with Crippen molar-refractivity contribution in [3.8, 4) is 0 Å². The smallest absolute Gasteiger partial charge is 0.191 e. The van der Waals surface area contributed by atoms with Gasteiger partial charge < -0.3 is 4.74 Å². The van der Waals surface area contributed by atoms with Gasteiger partial charge in [0.2, 0.25) is 0 Å². The highest BCUT2D eigenvalue weighted by molar-refractivity contribution is 5.97. The predicted molar refractivity (Wildman–Crippen MR) is 66.8 cm³/mol. The summed E-state index contributed by atoms with van der Waals surface area (Å²) in [5.74, 6) is -0.852. The molecule has 0 atom stereocenters. The Morgan fingerprint density at radius 2 is 1.67 bits per heavy atom. The Bertz CT molecular complexity index is 523. The first kappa shape index (κ1) is 12.5. The zero-order valence-electron chi connectivity index (χ0n) is 9.80. The molecule has 2 nitrogen and oxygen atoms in total. The number of ketones is 1. The highest BCUT2D eigenvalue weighted by Gasteiger charge is 2.10. The average Bonchev–Trinajstić information content (AvgIpc) is 2.40. The Balaban J connectivity index is 1.88. The lowest BCUT2D eigenvalue weighted by atomic mass is 10.1. The van der Waals surface area contributed by atoms with Crippen molar-refractivity contribution in [2.24, 2.45) is 0 Å². The number of hydrogen-bond donors (Lipinski definition) is 0. The normalized spacial score (nSPS) is 10.3. The van der Waals surface area contributed by atoms with Crippen LogP contribution in [0.2, 0.25) is 0 Å². The number of carbonyl (C=O) groups excluding carboxylic acids is 1. The van der Waals surface area contributed by atoms with Gasteiger partial charge in [0.05, 0.1) is 12.2 Å². The summed E-state index contributed by atoms with van der Waals surface area (Å²) in [4.78, 5) is 11.7. The molecule has 0 fully saturated rings. The Morgan fingerprint density at radius 1 is 1.00 bits per heavy atom. The molecule has 92 valence electrons. The minimum absolute atomic E-state index is 0.0746. The first-order valence-corrected chi connectivity index (χ1v) is 5.67. The van der Waals surface area contributed by atoms with Crippen molar-refractivity contribution in [3.63, 3.8) is 0 Å². The van der Waals surface area contributed by atoms with Crippen molar-refractivity contribution in [2.45, 2.75) is 6.61 Å². The first-order valence-electron chi connectivity index (χ1n) is 5.67. The van der Waals surface area contributed by atoms with Crippen molar-refractivity contribution in [1.29, 1.82) is 0 Å². The van der Waals surface area contributed by atoms with E-state index in [1.165, 1.54) is 12.1 Å². The van der Waals surface area contributed by atoms with Crippen molar-refractivity contribution < 1.29 is 13.9 Å². The van der Waals surface area contributed by atoms with Crippen LogP contribution in [-0.2, 0) is 11.3 Å². The minimum atomic E-state index is -0.509. The van der Waals surface area contributed by atoms with Crippen molar-refractivity contribution in [2.75, 3.05) is 6.61 Å². The van der Waals surface area contributed by atoms with Gasteiger partial charge in [-0.05, 0) is 17.7 Å². The van der Waals surface area contributed by atoms with Crippen molar-refractivity contribution in [1.82, 2.24) is 0 Å². The van der Waals surface area contributed by atoms with Gasteiger partial charge in [-0.2, -0.15) is 0 Å². The molecule has 0 radical (unpaired) electrons. The molecule has 2 aromatic carbocycles. The molecule has 0 aromatic heterocycles. The SMILES string of the molecule is O=C(COCc1ccccc1)c1ccccc1F. The van der Waals surface area contributed by atoms with Gasteiger partial charge in [0.15, 0.2) is 5.78 Å². The van der Waals surface area contributed by atoms with Crippen LogP contribution in [-0.4, -0.2) is 12.4 Å². The van der Waals surface area contributed by atoms with Crippen LogP contribution < -0.4 is 0 Å². The average molecular weight is 244 g/mol. The minimum Gasteiger partial charge on any atom is -0.369 e. The third-order valence-corrected chi connectivity index (χ3v) is 2.52. The molecular weight excluding hydrogens is 231 g/mol. The van der Waals surface area contributed by atoms with E-state index in [4.69, 9.17) is 4.74 Å². The van der Waals surface area contributed by atoms with E-state index in [1.807, 2.05) is 30.3 Å². The van der Waals surface area contributed by atoms with Crippen LogP contribution in [0.25, 0.3) is 0 Å². The predicted octanol–water partition coefficient (Wildman–Crippen LogP) is 3.23. The quantitative estimate of drug-likeness (QED) is 0.755. The third-order valence-electron chi connectivity index (χ3n) is 2.52. The van der Waals surface area contributed by atoms with Gasteiger partial charge in [0, 0.05) is 0 Å². The number of rotatable bonds is 5.